The number of piperidine rings is 1. The Morgan fingerprint density at radius 3 is 2.80 bits per heavy atom. The van der Waals surface area contributed by atoms with Gasteiger partial charge in [-0.2, -0.15) is 0 Å². The van der Waals surface area contributed by atoms with E-state index in [-0.39, 0.29) is 12.7 Å². The second-order valence-corrected chi connectivity index (χ2v) is 6.70. The molecule has 0 aliphatic carbocycles. The van der Waals surface area contributed by atoms with Crippen molar-refractivity contribution in [3.8, 4) is 0 Å². The standard InChI is InChI=1S/C15H30N2O3/c1-12(7-6-10-18)16-13-8-5-9-17(11-13)14(19)20-15(2,3)4/h12-13,16,18H,5-11H2,1-4H3. The second-order valence-electron chi connectivity index (χ2n) is 6.70. The molecule has 1 heterocycles. The van der Waals surface area contributed by atoms with Crippen LogP contribution in [-0.2, 0) is 4.74 Å². The van der Waals surface area contributed by atoms with Crippen LogP contribution < -0.4 is 5.32 Å². The molecular formula is C15H30N2O3. The Balaban J connectivity index is 2.40. The van der Waals surface area contributed by atoms with Gasteiger partial charge in [0, 0.05) is 31.8 Å². The van der Waals surface area contributed by atoms with Crippen LogP contribution >= 0.6 is 0 Å². The van der Waals surface area contributed by atoms with Crippen LogP contribution in [0.1, 0.15) is 53.4 Å². The van der Waals surface area contributed by atoms with E-state index in [0.29, 0.717) is 18.6 Å². The Kier molecular flexibility index (Phi) is 6.76. The minimum Gasteiger partial charge on any atom is -0.444 e. The van der Waals surface area contributed by atoms with Crippen molar-refractivity contribution in [3.05, 3.63) is 0 Å². The van der Waals surface area contributed by atoms with E-state index < -0.39 is 5.60 Å². The number of nitrogens with one attached hydrogen (secondary N) is 1. The zero-order valence-corrected chi connectivity index (χ0v) is 13.3. The Labute approximate surface area is 122 Å². The van der Waals surface area contributed by atoms with Crippen LogP contribution in [0.15, 0.2) is 0 Å². The number of hydrogen-bond acceptors (Lipinski definition) is 4. The molecule has 0 aromatic carbocycles. The molecule has 2 N–H and O–H groups in total. The highest BCUT2D eigenvalue weighted by molar-refractivity contribution is 5.68. The molecule has 5 heteroatoms. The van der Waals surface area contributed by atoms with Crippen LogP contribution in [0.2, 0.25) is 0 Å². The molecule has 1 fully saturated rings. The van der Waals surface area contributed by atoms with E-state index in [4.69, 9.17) is 9.84 Å². The van der Waals surface area contributed by atoms with Crippen molar-refractivity contribution in [2.75, 3.05) is 19.7 Å². The molecule has 0 radical (unpaired) electrons. The quantitative estimate of drug-likeness (QED) is 0.813. The van der Waals surface area contributed by atoms with Crippen molar-refractivity contribution in [2.24, 2.45) is 0 Å². The van der Waals surface area contributed by atoms with Crippen molar-refractivity contribution in [3.63, 3.8) is 0 Å². The third-order valence-electron chi connectivity index (χ3n) is 3.39. The average Bonchev–Trinajstić information content (AvgIpc) is 2.34. The van der Waals surface area contributed by atoms with Gasteiger partial charge in [-0.05, 0) is 53.4 Å². The highest BCUT2D eigenvalue weighted by Gasteiger charge is 2.27. The van der Waals surface area contributed by atoms with E-state index in [2.05, 4.69) is 12.2 Å². The van der Waals surface area contributed by atoms with Gasteiger partial charge in [0.25, 0.3) is 0 Å². The minimum atomic E-state index is -0.439. The lowest BCUT2D eigenvalue weighted by Gasteiger charge is -2.35. The molecule has 118 valence electrons. The number of ether oxygens (including phenoxy) is 1. The van der Waals surface area contributed by atoms with E-state index in [1.807, 2.05) is 20.8 Å². The largest absolute Gasteiger partial charge is 0.444 e. The van der Waals surface area contributed by atoms with Gasteiger partial charge < -0.3 is 20.1 Å². The van der Waals surface area contributed by atoms with Gasteiger partial charge in [-0.15, -0.1) is 0 Å². The summed E-state index contributed by atoms with van der Waals surface area (Å²) < 4.78 is 5.42. The van der Waals surface area contributed by atoms with Crippen molar-refractivity contribution < 1.29 is 14.6 Å². The van der Waals surface area contributed by atoms with E-state index >= 15 is 0 Å². The fourth-order valence-electron chi connectivity index (χ4n) is 2.49. The number of rotatable bonds is 5. The molecule has 0 bridgehead atoms. The molecule has 5 nitrogen and oxygen atoms in total. The van der Waals surface area contributed by atoms with Gasteiger partial charge in [0.15, 0.2) is 0 Å². The predicted octanol–water partition coefficient (Wildman–Crippen LogP) is 2.14. The van der Waals surface area contributed by atoms with Crippen LogP contribution in [0.3, 0.4) is 0 Å². The number of hydrogen-bond donors (Lipinski definition) is 2. The number of nitrogens with zero attached hydrogens (tertiary/aromatic N) is 1. The Hall–Kier alpha value is -0.810. The van der Waals surface area contributed by atoms with Gasteiger partial charge in [0.2, 0.25) is 0 Å². The number of likely N-dealkylation sites (tertiary alicyclic amines) is 1. The first-order valence-corrected chi connectivity index (χ1v) is 7.66. The number of aliphatic hydroxyl groups excluding tert-OH is 1. The molecule has 0 aromatic heterocycles. The molecule has 1 saturated heterocycles. The van der Waals surface area contributed by atoms with Crippen molar-refractivity contribution in [1.82, 2.24) is 10.2 Å². The lowest BCUT2D eigenvalue weighted by atomic mass is 10.0. The number of carbonyl (C=O) groups excluding carboxylic acids is 1. The zero-order valence-electron chi connectivity index (χ0n) is 13.3. The summed E-state index contributed by atoms with van der Waals surface area (Å²) >= 11 is 0. The van der Waals surface area contributed by atoms with Crippen LogP contribution in [0.4, 0.5) is 4.79 Å². The van der Waals surface area contributed by atoms with E-state index in [1.54, 1.807) is 4.90 Å². The summed E-state index contributed by atoms with van der Waals surface area (Å²) in [4.78, 5) is 13.9. The first-order valence-electron chi connectivity index (χ1n) is 7.66. The van der Waals surface area contributed by atoms with Gasteiger partial charge in [0.05, 0.1) is 0 Å². The van der Waals surface area contributed by atoms with Crippen LogP contribution in [0.25, 0.3) is 0 Å². The molecule has 20 heavy (non-hydrogen) atoms. The normalized spacial score (nSPS) is 21.6. The average molecular weight is 286 g/mol. The van der Waals surface area contributed by atoms with Gasteiger partial charge in [-0.25, -0.2) is 4.79 Å². The topological polar surface area (TPSA) is 61.8 Å². The molecule has 1 aliphatic rings. The molecule has 1 amide bonds. The zero-order chi connectivity index (χ0) is 15.2. The molecule has 2 unspecified atom stereocenters. The highest BCUT2D eigenvalue weighted by Crippen LogP contribution is 2.16. The number of carbonyl (C=O) groups is 1. The number of aliphatic hydroxyl groups is 1. The molecule has 2 atom stereocenters. The Bertz CT molecular complexity index is 302. The number of amides is 1. The molecule has 0 saturated carbocycles. The van der Waals surface area contributed by atoms with Gasteiger partial charge in [-0.1, -0.05) is 0 Å². The third-order valence-corrected chi connectivity index (χ3v) is 3.39. The molecule has 1 aliphatic heterocycles. The summed E-state index contributed by atoms with van der Waals surface area (Å²) in [5.74, 6) is 0. The monoisotopic (exact) mass is 286 g/mol. The summed E-state index contributed by atoms with van der Waals surface area (Å²) in [6.45, 7) is 9.52. The smallest absolute Gasteiger partial charge is 0.410 e. The van der Waals surface area contributed by atoms with Crippen LogP contribution in [0.5, 0.6) is 0 Å². The molecule has 1 rings (SSSR count). The van der Waals surface area contributed by atoms with Crippen LogP contribution in [-0.4, -0.2) is 53.5 Å². The summed E-state index contributed by atoms with van der Waals surface area (Å²) in [5, 5.41) is 12.4. The summed E-state index contributed by atoms with van der Waals surface area (Å²) in [6, 6.07) is 0.690. The lowest BCUT2D eigenvalue weighted by molar-refractivity contribution is 0.0183. The Morgan fingerprint density at radius 1 is 1.50 bits per heavy atom. The molecule has 0 aromatic rings. The van der Waals surface area contributed by atoms with E-state index in [1.165, 1.54) is 0 Å². The summed E-state index contributed by atoms with van der Waals surface area (Å²) in [6.07, 6.45) is 3.65. The van der Waals surface area contributed by atoms with Crippen molar-refractivity contribution in [2.45, 2.75) is 71.1 Å². The maximum absolute atomic E-state index is 12.1. The third kappa shape index (κ3) is 6.57. The van der Waals surface area contributed by atoms with E-state index in [0.717, 1.165) is 32.2 Å². The predicted molar refractivity (Wildman–Crippen MR) is 79.7 cm³/mol. The Morgan fingerprint density at radius 2 is 2.20 bits per heavy atom. The first-order chi connectivity index (χ1) is 9.31. The maximum Gasteiger partial charge on any atom is 0.410 e. The van der Waals surface area contributed by atoms with Crippen molar-refractivity contribution >= 4 is 6.09 Å². The highest BCUT2D eigenvalue weighted by atomic mass is 16.6. The molecular weight excluding hydrogens is 256 g/mol. The van der Waals surface area contributed by atoms with Crippen molar-refractivity contribution in [1.29, 1.82) is 0 Å². The second kappa shape index (κ2) is 7.84. The fourth-order valence-corrected chi connectivity index (χ4v) is 2.49. The maximum atomic E-state index is 12.1. The van der Waals surface area contributed by atoms with Gasteiger partial charge >= 0.3 is 6.09 Å². The fraction of sp³-hybridized carbons (Fsp3) is 0.933. The summed E-state index contributed by atoms with van der Waals surface area (Å²) in [7, 11) is 0. The first kappa shape index (κ1) is 17.2. The summed E-state index contributed by atoms with van der Waals surface area (Å²) in [5.41, 5.74) is -0.439. The van der Waals surface area contributed by atoms with Gasteiger partial charge in [0.1, 0.15) is 5.60 Å². The van der Waals surface area contributed by atoms with E-state index in [9.17, 15) is 4.79 Å². The lowest BCUT2D eigenvalue weighted by Crippen LogP contribution is -2.51. The minimum absolute atomic E-state index is 0.216. The van der Waals surface area contributed by atoms with Crippen LogP contribution in [0, 0.1) is 0 Å². The van der Waals surface area contributed by atoms with Gasteiger partial charge in [-0.3, -0.25) is 0 Å². The SMILES string of the molecule is CC(CCCO)NC1CCCN(C(=O)OC(C)(C)C)C1. The molecule has 0 spiro atoms.